The quantitative estimate of drug-likeness (QED) is 0.350. The molecular formula is C31H38O5Si. The van der Waals surface area contributed by atoms with E-state index in [0.29, 0.717) is 25.0 Å². The van der Waals surface area contributed by atoms with Crippen LogP contribution in [-0.2, 0) is 13.9 Å². The highest BCUT2D eigenvalue weighted by atomic mass is 28.4. The number of esters is 1. The van der Waals surface area contributed by atoms with Crippen LogP contribution in [0.3, 0.4) is 0 Å². The third kappa shape index (κ3) is 6.04. The first-order chi connectivity index (χ1) is 17.6. The third-order valence-electron chi connectivity index (χ3n) is 7.16. The maximum Gasteiger partial charge on any atom is 0.340 e. The summed E-state index contributed by atoms with van der Waals surface area (Å²) < 4.78 is 19.1. The minimum Gasteiger partial charge on any atom is -0.429 e. The Hall–Kier alpha value is -2.77. The van der Waals surface area contributed by atoms with Gasteiger partial charge in [0.1, 0.15) is 5.60 Å². The lowest BCUT2D eigenvalue weighted by Gasteiger charge is -2.43. The lowest BCUT2D eigenvalue weighted by atomic mass is 9.99. The van der Waals surface area contributed by atoms with Gasteiger partial charge in [0, 0.05) is 0 Å². The molecule has 3 atom stereocenters. The zero-order valence-corrected chi connectivity index (χ0v) is 23.2. The number of hydrogen-bond donors (Lipinski definition) is 1. The Morgan fingerprint density at radius 3 is 1.97 bits per heavy atom. The molecule has 6 heteroatoms. The Balaban J connectivity index is 1.61. The first-order valence-corrected chi connectivity index (χ1v) is 14.9. The van der Waals surface area contributed by atoms with Crippen molar-refractivity contribution in [2.75, 3.05) is 6.61 Å². The fourth-order valence-electron chi connectivity index (χ4n) is 5.19. The zero-order valence-electron chi connectivity index (χ0n) is 22.2. The number of hydrogen-bond acceptors (Lipinski definition) is 5. The van der Waals surface area contributed by atoms with Crippen LogP contribution in [0.5, 0.6) is 0 Å². The molecule has 1 saturated heterocycles. The molecule has 0 aliphatic carbocycles. The monoisotopic (exact) mass is 518 g/mol. The summed E-state index contributed by atoms with van der Waals surface area (Å²) in [5.41, 5.74) is -0.873. The summed E-state index contributed by atoms with van der Waals surface area (Å²) in [4.78, 5) is 12.8. The molecule has 3 aromatic rings. The Bertz CT molecular complexity index is 1100. The number of carbonyl (C=O) groups is 1. The second-order valence-electron chi connectivity index (χ2n) is 11.1. The number of benzene rings is 3. The summed E-state index contributed by atoms with van der Waals surface area (Å²) in [5.74, 6) is -0.514. The third-order valence-corrected chi connectivity index (χ3v) is 12.2. The van der Waals surface area contributed by atoms with Crippen LogP contribution in [0, 0.1) is 0 Å². The van der Waals surface area contributed by atoms with Gasteiger partial charge in [0.25, 0.3) is 8.32 Å². The van der Waals surface area contributed by atoms with Gasteiger partial charge in [-0.2, -0.15) is 0 Å². The number of carbonyl (C=O) groups excluding carboxylic acids is 1. The van der Waals surface area contributed by atoms with E-state index in [4.69, 9.17) is 13.9 Å². The molecule has 0 radical (unpaired) electrons. The van der Waals surface area contributed by atoms with Crippen molar-refractivity contribution in [3.63, 3.8) is 0 Å². The molecule has 1 N–H and O–H groups in total. The van der Waals surface area contributed by atoms with E-state index >= 15 is 0 Å². The first kappa shape index (κ1) is 27.3. The normalized spacial score (nSPS) is 22.7. The molecule has 5 nitrogen and oxygen atoms in total. The van der Waals surface area contributed by atoms with Crippen molar-refractivity contribution in [3.8, 4) is 0 Å². The predicted molar refractivity (Wildman–Crippen MR) is 149 cm³/mol. The highest BCUT2D eigenvalue weighted by Crippen LogP contribution is 2.37. The van der Waals surface area contributed by atoms with Crippen molar-refractivity contribution in [3.05, 3.63) is 96.6 Å². The summed E-state index contributed by atoms with van der Waals surface area (Å²) in [6.45, 7) is 8.72. The molecule has 0 bridgehead atoms. The van der Waals surface area contributed by atoms with Gasteiger partial charge in [-0.15, -0.1) is 0 Å². The van der Waals surface area contributed by atoms with Gasteiger partial charge in [0.2, 0.25) is 6.29 Å². The van der Waals surface area contributed by atoms with Gasteiger partial charge in [0.05, 0.1) is 18.3 Å². The Labute approximate surface area is 221 Å². The minimum atomic E-state index is -2.74. The number of ether oxygens (including phenoxy) is 2. The van der Waals surface area contributed by atoms with E-state index in [0.717, 1.165) is 6.42 Å². The molecule has 1 fully saturated rings. The van der Waals surface area contributed by atoms with Crippen LogP contribution in [0.2, 0.25) is 5.04 Å². The van der Waals surface area contributed by atoms with Crippen molar-refractivity contribution in [1.82, 2.24) is 0 Å². The fourth-order valence-corrected chi connectivity index (χ4v) is 9.78. The Morgan fingerprint density at radius 2 is 1.46 bits per heavy atom. The Kier molecular flexibility index (Phi) is 8.34. The zero-order chi connectivity index (χ0) is 26.5. The van der Waals surface area contributed by atoms with Gasteiger partial charge in [-0.05, 0) is 53.7 Å². The van der Waals surface area contributed by atoms with E-state index in [1.807, 2.05) is 18.2 Å². The van der Waals surface area contributed by atoms with E-state index in [2.05, 4.69) is 69.3 Å². The van der Waals surface area contributed by atoms with Crippen LogP contribution < -0.4 is 10.4 Å². The highest BCUT2D eigenvalue weighted by molar-refractivity contribution is 6.99. The molecule has 1 aliphatic rings. The number of aliphatic hydroxyl groups is 1. The molecule has 4 rings (SSSR count). The largest absolute Gasteiger partial charge is 0.429 e. The Morgan fingerprint density at radius 1 is 0.946 bits per heavy atom. The van der Waals surface area contributed by atoms with Gasteiger partial charge >= 0.3 is 5.97 Å². The predicted octanol–water partition coefficient (Wildman–Crippen LogP) is 5.07. The van der Waals surface area contributed by atoms with Gasteiger partial charge < -0.3 is 19.0 Å². The molecule has 1 heterocycles. The second-order valence-corrected chi connectivity index (χ2v) is 15.4. The van der Waals surface area contributed by atoms with Crippen LogP contribution in [0.4, 0.5) is 0 Å². The molecular weight excluding hydrogens is 480 g/mol. The molecule has 196 valence electrons. The summed E-state index contributed by atoms with van der Waals surface area (Å²) in [7, 11) is -2.74. The summed E-state index contributed by atoms with van der Waals surface area (Å²) >= 11 is 0. The lowest BCUT2D eigenvalue weighted by molar-refractivity contribution is -0.222. The van der Waals surface area contributed by atoms with Crippen LogP contribution in [-0.4, -0.2) is 44.0 Å². The summed E-state index contributed by atoms with van der Waals surface area (Å²) in [6, 6.07) is 29.7. The minimum absolute atomic E-state index is 0.162. The van der Waals surface area contributed by atoms with Gasteiger partial charge in [-0.3, -0.25) is 0 Å². The van der Waals surface area contributed by atoms with E-state index < -0.39 is 26.2 Å². The van der Waals surface area contributed by atoms with E-state index in [1.165, 1.54) is 10.4 Å². The van der Waals surface area contributed by atoms with Crippen molar-refractivity contribution in [1.29, 1.82) is 0 Å². The lowest BCUT2D eigenvalue weighted by Crippen LogP contribution is -2.67. The summed E-state index contributed by atoms with van der Waals surface area (Å²) in [6.07, 6.45) is 0.490. The number of rotatable bonds is 7. The SMILES string of the molecule is CC(C)(C)[Si](OC[C@@H]1CCC[C@@](C)(O)C(OC(=O)c2ccccc2)O1)(c1ccccc1)c1ccccc1. The average molecular weight is 519 g/mol. The van der Waals surface area contributed by atoms with E-state index in [-0.39, 0.29) is 11.1 Å². The van der Waals surface area contributed by atoms with Crippen molar-refractivity contribution >= 4 is 24.7 Å². The molecule has 1 unspecified atom stereocenters. The molecule has 0 amide bonds. The smallest absolute Gasteiger partial charge is 0.340 e. The van der Waals surface area contributed by atoms with Crippen LogP contribution in [0.1, 0.15) is 57.3 Å². The van der Waals surface area contributed by atoms with Gasteiger partial charge in [-0.25, -0.2) is 4.79 Å². The molecule has 1 aliphatic heterocycles. The topological polar surface area (TPSA) is 65.0 Å². The molecule has 3 aromatic carbocycles. The van der Waals surface area contributed by atoms with Crippen molar-refractivity contribution in [2.45, 2.75) is 70.0 Å². The maximum absolute atomic E-state index is 12.8. The van der Waals surface area contributed by atoms with Crippen LogP contribution >= 0.6 is 0 Å². The van der Waals surface area contributed by atoms with Crippen molar-refractivity contribution < 1.29 is 23.8 Å². The first-order valence-electron chi connectivity index (χ1n) is 13.0. The highest BCUT2D eigenvalue weighted by Gasteiger charge is 2.51. The molecule has 0 aromatic heterocycles. The van der Waals surface area contributed by atoms with Crippen LogP contribution in [0.25, 0.3) is 0 Å². The van der Waals surface area contributed by atoms with Crippen molar-refractivity contribution in [2.24, 2.45) is 0 Å². The fraction of sp³-hybridized carbons (Fsp3) is 0.387. The molecule has 0 spiro atoms. The maximum atomic E-state index is 12.8. The van der Waals surface area contributed by atoms with E-state index in [1.54, 1.807) is 31.2 Å². The van der Waals surface area contributed by atoms with Crippen LogP contribution in [0.15, 0.2) is 91.0 Å². The van der Waals surface area contributed by atoms with Gasteiger partial charge in [-0.1, -0.05) is 99.6 Å². The summed E-state index contributed by atoms with van der Waals surface area (Å²) in [5, 5.41) is 13.3. The van der Waals surface area contributed by atoms with E-state index in [9.17, 15) is 9.90 Å². The van der Waals surface area contributed by atoms with Gasteiger partial charge in [0.15, 0.2) is 0 Å². The molecule has 37 heavy (non-hydrogen) atoms. The standard InChI is InChI=1S/C31H38O5Si/c1-30(2,3)37(26-18-10-6-11-19-26,27-20-12-7-13-21-27)34-23-25-17-14-22-31(4,33)29(35-25)36-28(32)24-15-8-5-9-16-24/h5-13,15-16,18-21,25,29,33H,14,17,22-23H2,1-4H3/t25-,29?,31+/m0/s1. The second kappa shape index (κ2) is 11.3. The molecule has 0 saturated carbocycles. The average Bonchev–Trinajstić information content (AvgIpc) is 3.03.